The van der Waals surface area contributed by atoms with Crippen molar-refractivity contribution in [3.8, 4) is 0 Å². The highest BCUT2D eigenvalue weighted by atomic mass is 32.2. The maximum absolute atomic E-state index is 11.9. The first kappa shape index (κ1) is 13.1. The van der Waals surface area contributed by atoms with Gasteiger partial charge in [-0.2, -0.15) is 5.10 Å². The number of rotatable bonds is 5. The number of nitrogens with zero attached hydrogens (tertiary/aromatic N) is 1. The van der Waals surface area contributed by atoms with Crippen LogP contribution in [0.2, 0.25) is 0 Å². The molecule has 0 unspecified atom stereocenters. The van der Waals surface area contributed by atoms with Gasteiger partial charge in [0.2, 0.25) is 10.0 Å². The van der Waals surface area contributed by atoms with E-state index in [2.05, 4.69) is 14.9 Å². The number of hydrogen-bond acceptors (Lipinski definition) is 5. The Morgan fingerprint density at radius 2 is 2.33 bits per heavy atom. The largest absolute Gasteiger partial charge is 0.389 e. The van der Waals surface area contributed by atoms with E-state index in [9.17, 15) is 8.42 Å². The number of nitrogens with one attached hydrogen (secondary N) is 2. The normalized spacial score (nSPS) is 11.6. The van der Waals surface area contributed by atoms with E-state index in [1.807, 2.05) is 0 Å². The van der Waals surface area contributed by atoms with E-state index in [0.29, 0.717) is 4.88 Å². The number of hydrogen-bond donors (Lipinski definition) is 3. The Kier molecular flexibility index (Phi) is 3.76. The van der Waals surface area contributed by atoms with Gasteiger partial charge in [-0.25, -0.2) is 13.1 Å². The van der Waals surface area contributed by atoms with Gasteiger partial charge in [-0.15, -0.1) is 11.3 Å². The van der Waals surface area contributed by atoms with Crippen LogP contribution in [0, 0.1) is 0 Å². The molecular formula is C9H10N4O2S3. The molecule has 0 aliphatic heterocycles. The number of H-pyrrole nitrogens is 1. The standard InChI is InChI=1S/C9H10N4O2S3/c10-9(16)7-1-2-8(17-7)18(14,15)13-5-6-3-11-12-4-6/h1-4,13H,5H2,(H2,10,16)(H,11,12). The zero-order valence-corrected chi connectivity index (χ0v) is 11.5. The van der Waals surface area contributed by atoms with E-state index < -0.39 is 10.0 Å². The Morgan fingerprint density at radius 1 is 1.56 bits per heavy atom. The Morgan fingerprint density at radius 3 is 2.89 bits per heavy atom. The van der Waals surface area contributed by atoms with Crippen LogP contribution in [0.3, 0.4) is 0 Å². The molecule has 2 rings (SSSR count). The molecule has 0 spiro atoms. The third-order valence-electron chi connectivity index (χ3n) is 2.11. The van der Waals surface area contributed by atoms with Gasteiger partial charge in [0, 0.05) is 18.3 Å². The summed E-state index contributed by atoms with van der Waals surface area (Å²) in [5.74, 6) is 0. The maximum atomic E-state index is 11.9. The molecule has 0 saturated carbocycles. The highest BCUT2D eigenvalue weighted by molar-refractivity contribution is 7.91. The van der Waals surface area contributed by atoms with Crippen LogP contribution in [0.5, 0.6) is 0 Å². The number of aromatic nitrogens is 2. The third kappa shape index (κ3) is 2.93. The minimum absolute atomic E-state index is 0.180. The minimum atomic E-state index is -3.54. The van der Waals surface area contributed by atoms with Crippen LogP contribution in [0.4, 0.5) is 0 Å². The number of thiophene rings is 1. The van der Waals surface area contributed by atoms with Gasteiger partial charge in [0.1, 0.15) is 9.20 Å². The highest BCUT2D eigenvalue weighted by Gasteiger charge is 2.17. The topological polar surface area (TPSA) is 101 Å². The summed E-state index contributed by atoms with van der Waals surface area (Å²) < 4.78 is 26.6. The van der Waals surface area contributed by atoms with Crippen LogP contribution in [0.1, 0.15) is 10.4 Å². The first-order valence-corrected chi connectivity index (χ1v) is 7.57. The lowest BCUT2D eigenvalue weighted by Gasteiger charge is -2.02. The van der Waals surface area contributed by atoms with Crippen molar-refractivity contribution >= 4 is 38.6 Å². The van der Waals surface area contributed by atoms with Crippen LogP contribution >= 0.6 is 23.6 Å². The summed E-state index contributed by atoms with van der Waals surface area (Å²) in [6, 6.07) is 3.08. The van der Waals surface area contributed by atoms with Crippen molar-refractivity contribution in [2.75, 3.05) is 0 Å². The summed E-state index contributed by atoms with van der Waals surface area (Å²) in [6.07, 6.45) is 3.18. The van der Waals surface area contributed by atoms with Gasteiger partial charge in [-0.05, 0) is 12.1 Å². The van der Waals surface area contributed by atoms with Crippen molar-refractivity contribution in [2.24, 2.45) is 5.73 Å². The van der Waals surface area contributed by atoms with E-state index in [-0.39, 0.29) is 15.7 Å². The zero-order valence-electron chi connectivity index (χ0n) is 9.08. The molecule has 0 amide bonds. The molecule has 0 aliphatic carbocycles. The molecular weight excluding hydrogens is 292 g/mol. The van der Waals surface area contributed by atoms with Crippen molar-refractivity contribution in [3.05, 3.63) is 35.0 Å². The lowest BCUT2D eigenvalue weighted by atomic mass is 10.4. The fourth-order valence-electron chi connectivity index (χ4n) is 1.22. The molecule has 0 radical (unpaired) electrons. The van der Waals surface area contributed by atoms with Crippen LogP contribution in [0.25, 0.3) is 0 Å². The monoisotopic (exact) mass is 302 g/mol. The van der Waals surface area contributed by atoms with Crippen molar-refractivity contribution in [2.45, 2.75) is 10.8 Å². The van der Waals surface area contributed by atoms with Crippen LogP contribution in [-0.2, 0) is 16.6 Å². The molecule has 0 saturated heterocycles. The van der Waals surface area contributed by atoms with Crippen molar-refractivity contribution in [1.82, 2.24) is 14.9 Å². The summed E-state index contributed by atoms with van der Waals surface area (Å²) in [6.45, 7) is 0.180. The van der Waals surface area contributed by atoms with Gasteiger partial charge in [-0.3, -0.25) is 5.10 Å². The Bertz CT molecular complexity index is 645. The second-order valence-electron chi connectivity index (χ2n) is 3.41. The molecule has 0 atom stereocenters. The van der Waals surface area contributed by atoms with Gasteiger partial charge < -0.3 is 5.73 Å². The van der Waals surface area contributed by atoms with Crippen LogP contribution in [0.15, 0.2) is 28.7 Å². The molecule has 96 valence electrons. The summed E-state index contributed by atoms with van der Waals surface area (Å²) in [7, 11) is -3.54. The fraction of sp³-hybridized carbons (Fsp3) is 0.111. The number of sulfonamides is 1. The fourth-order valence-corrected chi connectivity index (χ4v) is 3.63. The molecule has 18 heavy (non-hydrogen) atoms. The Balaban J connectivity index is 2.12. The molecule has 2 aromatic heterocycles. The molecule has 6 nitrogen and oxygen atoms in total. The first-order valence-electron chi connectivity index (χ1n) is 4.86. The number of aromatic amines is 1. The van der Waals surface area contributed by atoms with Crippen molar-refractivity contribution < 1.29 is 8.42 Å². The van der Waals surface area contributed by atoms with Crippen LogP contribution in [-0.4, -0.2) is 23.6 Å². The average Bonchev–Trinajstić information content (AvgIpc) is 2.98. The molecule has 0 fully saturated rings. The van der Waals surface area contributed by atoms with E-state index in [1.54, 1.807) is 18.5 Å². The molecule has 0 aliphatic rings. The molecule has 2 aromatic rings. The van der Waals surface area contributed by atoms with Gasteiger partial charge in [-0.1, -0.05) is 12.2 Å². The average molecular weight is 302 g/mol. The third-order valence-corrected chi connectivity index (χ3v) is 5.47. The van der Waals surface area contributed by atoms with Crippen LogP contribution < -0.4 is 10.5 Å². The van der Waals surface area contributed by atoms with Crippen molar-refractivity contribution in [3.63, 3.8) is 0 Å². The lowest BCUT2D eigenvalue weighted by molar-refractivity contribution is 0.583. The van der Waals surface area contributed by atoms with E-state index in [4.69, 9.17) is 18.0 Å². The molecule has 9 heteroatoms. The van der Waals surface area contributed by atoms with Gasteiger partial charge in [0.25, 0.3) is 0 Å². The quantitative estimate of drug-likeness (QED) is 0.702. The predicted molar refractivity (Wildman–Crippen MR) is 72.8 cm³/mol. The molecule has 4 N–H and O–H groups in total. The second-order valence-corrected chi connectivity index (χ2v) is 6.93. The van der Waals surface area contributed by atoms with Gasteiger partial charge in [0.05, 0.1) is 11.1 Å². The van der Waals surface area contributed by atoms with Crippen molar-refractivity contribution in [1.29, 1.82) is 0 Å². The van der Waals surface area contributed by atoms with E-state index in [1.165, 1.54) is 6.07 Å². The SMILES string of the molecule is NC(=S)c1ccc(S(=O)(=O)NCc2cn[nH]c2)s1. The first-order chi connectivity index (χ1) is 8.49. The Labute approximate surface area is 113 Å². The van der Waals surface area contributed by atoms with Gasteiger partial charge in [0.15, 0.2) is 0 Å². The number of nitrogens with two attached hydrogens (primary N) is 1. The second kappa shape index (κ2) is 5.14. The molecule has 0 bridgehead atoms. The summed E-state index contributed by atoms with van der Waals surface area (Å²) in [5, 5.41) is 6.34. The summed E-state index contributed by atoms with van der Waals surface area (Å²) >= 11 is 5.83. The summed E-state index contributed by atoms with van der Waals surface area (Å²) in [4.78, 5) is 0.768. The number of thiocarbonyl (C=S) groups is 1. The zero-order chi connectivity index (χ0) is 13.2. The molecule has 2 heterocycles. The minimum Gasteiger partial charge on any atom is -0.389 e. The lowest BCUT2D eigenvalue weighted by Crippen LogP contribution is -2.22. The maximum Gasteiger partial charge on any atom is 0.250 e. The smallest absolute Gasteiger partial charge is 0.250 e. The van der Waals surface area contributed by atoms with Gasteiger partial charge >= 0.3 is 0 Å². The highest BCUT2D eigenvalue weighted by Crippen LogP contribution is 2.21. The van der Waals surface area contributed by atoms with E-state index >= 15 is 0 Å². The predicted octanol–water partition coefficient (Wildman–Crippen LogP) is 0.584. The van der Waals surface area contributed by atoms with E-state index in [0.717, 1.165) is 16.9 Å². The molecule has 0 aromatic carbocycles. The summed E-state index contributed by atoms with van der Waals surface area (Å²) in [5.41, 5.74) is 6.19. The Hall–Kier alpha value is -1.29.